The van der Waals surface area contributed by atoms with Crippen molar-refractivity contribution in [1.29, 1.82) is 0 Å². The highest BCUT2D eigenvalue weighted by Crippen LogP contribution is 2.29. The molecule has 0 atom stereocenters. The Balaban J connectivity index is 1.49. The highest BCUT2D eigenvalue weighted by atomic mass is 35.5. The molecule has 0 aromatic heterocycles. The first-order valence-corrected chi connectivity index (χ1v) is 11.4. The standard InChI is InChI=1S/C18H25ClN4O3S/c19-16-4-3-15(27(25,26)22-5-1-2-6-22)13-17(16)20-18(24)14-23-10-7-21(8-11-23)9-12-23/h3-4,13H,1-2,5-12,14H2/p+1. The van der Waals surface area contributed by atoms with Gasteiger partial charge in [0.25, 0.3) is 5.91 Å². The van der Waals surface area contributed by atoms with Crippen LogP contribution in [0.5, 0.6) is 0 Å². The second kappa shape index (κ2) is 7.33. The number of carbonyl (C=O) groups is 1. The molecule has 0 aliphatic carbocycles. The highest BCUT2D eigenvalue weighted by molar-refractivity contribution is 7.89. The maximum absolute atomic E-state index is 12.8. The molecule has 0 spiro atoms. The van der Waals surface area contributed by atoms with Gasteiger partial charge in [-0.1, -0.05) is 11.6 Å². The van der Waals surface area contributed by atoms with Crippen LogP contribution in [-0.4, -0.2) is 86.9 Å². The van der Waals surface area contributed by atoms with E-state index in [9.17, 15) is 13.2 Å². The van der Waals surface area contributed by atoms with E-state index in [0.29, 0.717) is 30.3 Å². The van der Waals surface area contributed by atoms with E-state index in [2.05, 4.69) is 10.2 Å². The van der Waals surface area contributed by atoms with Crippen molar-refractivity contribution >= 4 is 33.2 Å². The predicted molar refractivity (Wildman–Crippen MR) is 104 cm³/mol. The van der Waals surface area contributed by atoms with Crippen LogP contribution in [0.3, 0.4) is 0 Å². The monoisotopic (exact) mass is 413 g/mol. The fourth-order valence-electron chi connectivity index (χ4n) is 4.30. The molecule has 4 fully saturated rings. The zero-order valence-electron chi connectivity index (χ0n) is 15.4. The smallest absolute Gasteiger partial charge is 0.279 e. The topological polar surface area (TPSA) is 69.7 Å². The largest absolute Gasteiger partial charge is 0.320 e. The first kappa shape index (κ1) is 19.1. The van der Waals surface area contributed by atoms with Gasteiger partial charge < -0.3 is 9.80 Å². The van der Waals surface area contributed by atoms with Crippen molar-refractivity contribution in [2.45, 2.75) is 17.7 Å². The van der Waals surface area contributed by atoms with Crippen molar-refractivity contribution in [3.8, 4) is 0 Å². The molecule has 0 saturated carbocycles. The summed E-state index contributed by atoms with van der Waals surface area (Å²) in [5.74, 6) is -0.108. The molecule has 1 aromatic carbocycles. The Kier molecular flexibility index (Phi) is 5.20. The fraction of sp³-hybridized carbons (Fsp3) is 0.611. The van der Waals surface area contributed by atoms with E-state index in [1.165, 1.54) is 16.4 Å². The van der Waals surface area contributed by atoms with Crippen molar-refractivity contribution in [3.63, 3.8) is 0 Å². The van der Waals surface area contributed by atoms with Crippen molar-refractivity contribution < 1.29 is 17.7 Å². The molecule has 2 bridgehead atoms. The number of piperazine rings is 3. The van der Waals surface area contributed by atoms with Gasteiger partial charge in [-0.2, -0.15) is 4.31 Å². The molecule has 9 heteroatoms. The lowest BCUT2D eigenvalue weighted by Crippen LogP contribution is -2.68. The van der Waals surface area contributed by atoms with Gasteiger partial charge in [0.05, 0.1) is 35.2 Å². The van der Waals surface area contributed by atoms with E-state index >= 15 is 0 Å². The first-order chi connectivity index (χ1) is 12.9. The maximum atomic E-state index is 12.8. The van der Waals surface area contributed by atoms with Gasteiger partial charge in [0.2, 0.25) is 10.0 Å². The number of anilines is 1. The number of benzene rings is 1. The molecular weight excluding hydrogens is 388 g/mol. The molecule has 5 rings (SSSR count). The van der Waals surface area contributed by atoms with Crippen LogP contribution in [0.25, 0.3) is 0 Å². The Morgan fingerprint density at radius 1 is 1.07 bits per heavy atom. The number of nitrogens with one attached hydrogen (secondary N) is 1. The molecule has 148 valence electrons. The van der Waals surface area contributed by atoms with Crippen LogP contribution in [0, 0.1) is 0 Å². The number of amides is 1. The molecule has 0 radical (unpaired) electrons. The molecule has 4 saturated heterocycles. The summed E-state index contributed by atoms with van der Waals surface area (Å²) < 4.78 is 27.8. The van der Waals surface area contributed by atoms with E-state index in [1.54, 1.807) is 6.07 Å². The van der Waals surface area contributed by atoms with Crippen molar-refractivity contribution in [2.75, 3.05) is 64.2 Å². The van der Waals surface area contributed by atoms with Crippen molar-refractivity contribution in [2.24, 2.45) is 0 Å². The lowest BCUT2D eigenvalue weighted by atomic mass is 10.1. The van der Waals surface area contributed by atoms with Gasteiger partial charge in [-0.15, -0.1) is 0 Å². The summed E-state index contributed by atoms with van der Waals surface area (Å²) in [7, 11) is -3.54. The molecule has 27 heavy (non-hydrogen) atoms. The van der Waals surface area contributed by atoms with Gasteiger partial charge in [-0.25, -0.2) is 8.42 Å². The Morgan fingerprint density at radius 3 is 2.33 bits per heavy atom. The predicted octanol–water partition coefficient (Wildman–Crippen LogP) is 1.21. The maximum Gasteiger partial charge on any atom is 0.279 e. The Morgan fingerprint density at radius 2 is 1.70 bits per heavy atom. The van der Waals surface area contributed by atoms with E-state index in [4.69, 9.17) is 11.6 Å². The SMILES string of the molecule is O=C(C[N+]12CCN(CC1)CC2)Nc1cc(S(=O)(=O)N2CCCC2)ccc1Cl. The van der Waals surface area contributed by atoms with Gasteiger partial charge in [0.1, 0.15) is 0 Å². The molecule has 1 amide bonds. The van der Waals surface area contributed by atoms with Gasteiger partial charge in [-0.05, 0) is 31.0 Å². The molecule has 0 unspecified atom stereocenters. The lowest BCUT2D eigenvalue weighted by molar-refractivity contribution is -0.933. The normalized spacial score (nSPS) is 28.4. The van der Waals surface area contributed by atoms with E-state index in [0.717, 1.165) is 56.6 Å². The summed E-state index contributed by atoms with van der Waals surface area (Å²) in [5.41, 5.74) is 0.371. The molecule has 7 nitrogen and oxygen atoms in total. The van der Waals surface area contributed by atoms with Gasteiger partial charge >= 0.3 is 0 Å². The number of quaternary nitrogens is 1. The van der Waals surface area contributed by atoms with Crippen LogP contribution in [0.4, 0.5) is 5.69 Å². The number of nitrogens with zero attached hydrogens (tertiary/aromatic N) is 3. The molecule has 4 aliphatic rings. The molecule has 1 aromatic rings. The summed E-state index contributed by atoms with van der Waals surface area (Å²) in [4.78, 5) is 15.3. The molecular formula is C18H26ClN4O3S+. The third kappa shape index (κ3) is 3.86. The van der Waals surface area contributed by atoms with Crippen LogP contribution in [-0.2, 0) is 14.8 Å². The minimum atomic E-state index is -3.54. The minimum absolute atomic E-state index is 0.108. The number of rotatable bonds is 5. The Bertz CT molecular complexity index is 817. The number of sulfonamides is 1. The Labute approximate surface area is 165 Å². The third-order valence-corrected chi connectivity index (χ3v) is 8.29. The average molecular weight is 414 g/mol. The van der Waals surface area contributed by atoms with Gasteiger partial charge in [-0.3, -0.25) is 9.69 Å². The summed E-state index contributed by atoms with van der Waals surface area (Å²) in [6.07, 6.45) is 1.77. The second-order valence-corrected chi connectivity index (χ2v) is 10.2. The Hall–Kier alpha value is -1.19. The van der Waals surface area contributed by atoms with Crippen molar-refractivity contribution in [3.05, 3.63) is 23.2 Å². The van der Waals surface area contributed by atoms with Crippen LogP contribution in [0.2, 0.25) is 5.02 Å². The zero-order valence-corrected chi connectivity index (χ0v) is 16.9. The van der Waals surface area contributed by atoms with Crippen molar-refractivity contribution in [1.82, 2.24) is 9.21 Å². The van der Waals surface area contributed by atoms with Crippen LogP contribution in [0.1, 0.15) is 12.8 Å². The quantitative estimate of drug-likeness (QED) is 0.736. The fourth-order valence-corrected chi connectivity index (χ4v) is 6.01. The van der Waals surface area contributed by atoms with E-state index in [1.807, 2.05) is 0 Å². The summed E-state index contributed by atoms with van der Waals surface area (Å²) >= 11 is 6.23. The summed E-state index contributed by atoms with van der Waals surface area (Å²) in [5, 5.41) is 3.21. The zero-order chi connectivity index (χ0) is 19.1. The van der Waals surface area contributed by atoms with Crippen LogP contribution < -0.4 is 5.32 Å². The minimum Gasteiger partial charge on any atom is -0.320 e. The van der Waals surface area contributed by atoms with Crippen LogP contribution >= 0.6 is 11.6 Å². The first-order valence-electron chi connectivity index (χ1n) is 9.55. The third-order valence-electron chi connectivity index (χ3n) is 6.07. The number of halogens is 1. The average Bonchev–Trinajstić information content (AvgIpc) is 3.20. The number of hydrogen-bond donors (Lipinski definition) is 1. The molecule has 4 aliphatic heterocycles. The number of fused-ring (bicyclic) bond motifs is 3. The lowest BCUT2D eigenvalue weighted by Gasteiger charge is -2.50. The van der Waals surface area contributed by atoms with Gasteiger partial charge in [0.15, 0.2) is 6.54 Å². The summed E-state index contributed by atoms with van der Waals surface area (Å²) in [6, 6.07) is 4.55. The molecule has 1 N–H and O–H groups in total. The van der Waals surface area contributed by atoms with Gasteiger partial charge in [0, 0.05) is 32.7 Å². The second-order valence-electron chi connectivity index (χ2n) is 7.81. The molecule has 4 heterocycles. The summed E-state index contributed by atoms with van der Waals surface area (Å²) in [6.45, 7) is 7.59. The number of hydrogen-bond acceptors (Lipinski definition) is 4. The highest BCUT2D eigenvalue weighted by Gasteiger charge is 2.40. The van der Waals surface area contributed by atoms with E-state index < -0.39 is 10.0 Å². The van der Waals surface area contributed by atoms with E-state index in [-0.39, 0.29) is 10.8 Å². The number of carbonyl (C=O) groups excluding carboxylic acids is 1. The van der Waals surface area contributed by atoms with Crippen LogP contribution in [0.15, 0.2) is 23.1 Å².